The average Bonchev–Trinajstić information content (AvgIpc) is 2.89. The molecule has 7 nitrogen and oxygen atoms in total. The van der Waals surface area contributed by atoms with Crippen molar-refractivity contribution in [3.8, 4) is 0 Å². The predicted octanol–water partition coefficient (Wildman–Crippen LogP) is -0.251. The summed E-state index contributed by atoms with van der Waals surface area (Å²) in [7, 11) is -1.88. The van der Waals surface area contributed by atoms with Crippen molar-refractivity contribution >= 4 is 16.2 Å². The van der Waals surface area contributed by atoms with E-state index < -0.39 is 22.1 Å². The van der Waals surface area contributed by atoms with Crippen LogP contribution in [0.1, 0.15) is 19.3 Å². The lowest BCUT2D eigenvalue weighted by molar-refractivity contribution is -0.141. The van der Waals surface area contributed by atoms with Crippen molar-refractivity contribution in [2.24, 2.45) is 5.92 Å². The van der Waals surface area contributed by atoms with Crippen LogP contribution >= 0.6 is 0 Å². The van der Waals surface area contributed by atoms with Gasteiger partial charge >= 0.3 is 5.97 Å². The zero-order valence-electron chi connectivity index (χ0n) is 11.0. The molecule has 0 bridgehead atoms. The highest BCUT2D eigenvalue weighted by Gasteiger charge is 2.39. The molecule has 2 aliphatic rings. The summed E-state index contributed by atoms with van der Waals surface area (Å²) in [5.74, 6) is -1.50. The molecule has 110 valence electrons. The van der Waals surface area contributed by atoms with Gasteiger partial charge in [-0.2, -0.15) is 17.0 Å². The minimum absolute atomic E-state index is 0.0852. The van der Waals surface area contributed by atoms with Crippen molar-refractivity contribution < 1.29 is 23.1 Å². The fourth-order valence-electron chi connectivity index (χ4n) is 2.60. The topological polar surface area (TPSA) is 87.2 Å². The van der Waals surface area contributed by atoms with E-state index in [1.165, 1.54) is 8.61 Å². The minimum Gasteiger partial charge on any atom is -0.481 e. The van der Waals surface area contributed by atoms with Crippen molar-refractivity contribution in [1.29, 1.82) is 0 Å². The molecule has 0 spiro atoms. The van der Waals surface area contributed by atoms with Crippen LogP contribution in [0.4, 0.5) is 0 Å². The number of carbonyl (C=O) groups is 1. The normalized spacial score (nSPS) is 27.7. The smallest absolute Gasteiger partial charge is 0.307 e. The second-order valence-corrected chi connectivity index (χ2v) is 6.95. The number of carboxylic acids is 1. The highest BCUT2D eigenvalue weighted by Crippen LogP contribution is 2.24. The molecule has 8 heteroatoms. The van der Waals surface area contributed by atoms with Crippen molar-refractivity contribution in [1.82, 2.24) is 8.61 Å². The lowest BCUT2D eigenvalue weighted by Crippen LogP contribution is -2.47. The van der Waals surface area contributed by atoms with E-state index in [0.717, 1.165) is 0 Å². The zero-order chi connectivity index (χ0) is 14.0. The van der Waals surface area contributed by atoms with Crippen LogP contribution in [-0.4, -0.2) is 67.5 Å². The van der Waals surface area contributed by atoms with Gasteiger partial charge < -0.3 is 9.84 Å². The Labute approximate surface area is 113 Å². The van der Waals surface area contributed by atoms with Crippen molar-refractivity contribution in [3.05, 3.63) is 0 Å². The minimum atomic E-state index is -3.51. The summed E-state index contributed by atoms with van der Waals surface area (Å²) in [5.41, 5.74) is 0. The summed E-state index contributed by atoms with van der Waals surface area (Å²) in [5, 5.41) is 8.92. The molecule has 0 aromatic rings. The molecule has 19 heavy (non-hydrogen) atoms. The first-order valence-electron chi connectivity index (χ1n) is 6.46. The largest absolute Gasteiger partial charge is 0.481 e. The number of hydrogen-bond acceptors (Lipinski definition) is 4. The number of ether oxygens (including phenoxy) is 1. The van der Waals surface area contributed by atoms with Gasteiger partial charge in [0.05, 0.1) is 12.0 Å². The van der Waals surface area contributed by atoms with Crippen LogP contribution in [0.25, 0.3) is 0 Å². The molecule has 0 amide bonds. The van der Waals surface area contributed by atoms with Gasteiger partial charge in [0.1, 0.15) is 0 Å². The lowest BCUT2D eigenvalue weighted by Gasteiger charge is -2.33. The van der Waals surface area contributed by atoms with Crippen LogP contribution in [0.3, 0.4) is 0 Å². The van der Waals surface area contributed by atoms with E-state index in [9.17, 15) is 13.2 Å². The Morgan fingerprint density at radius 1 is 1.16 bits per heavy atom. The molecule has 1 N–H and O–H groups in total. The molecule has 1 atom stereocenters. The van der Waals surface area contributed by atoms with Crippen molar-refractivity contribution in [2.45, 2.75) is 25.4 Å². The summed E-state index contributed by atoms with van der Waals surface area (Å²) in [6.07, 6.45) is 1.89. The Bertz CT molecular complexity index is 430. The maximum atomic E-state index is 12.4. The molecular weight excluding hydrogens is 272 g/mol. The van der Waals surface area contributed by atoms with Gasteiger partial charge in [0, 0.05) is 33.3 Å². The molecule has 0 aliphatic carbocycles. The Hall–Kier alpha value is -0.700. The van der Waals surface area contributed by atoms with Crippen LogP contribution in [0, 0.1) is 5.92 Å². The van der Waals surface area contributed by atoms with Gasteiger partial charge in [-0.3, -0.25) is 4.79 Å². The molecule has 0 radical (unpaired) electrons. The second-order valence-electron chi connectivity index (χ2n) is 5.02. The van der Waals surface area contributed by atoms with Crippen LogP contribution in [-0.2, 0) is 19.7 Å². The molecule has 0 aromatic heterocycles. The quantitative estimate of drug-likeness (QED) is 0.772. The summed E-state index contributed by atoms with van der Waals surface area (Å²) in [4.78, 5) is 10.9. The van der Waals surface area contributed by atoms with Crippen LogP contribution < -0.4 is 0 Å². The number of rotatable bonds is 4. The van der Waals surface area contributed by atoms with E-state index in [2.05, 4.69) is 0 Å². The third-order valence-corrected chi connectivity index (χ3v) is 5.89. The van der Waals surface area contributed by atoms with Gasteiger partial charge in [-0.1, -0.05) is 0 Å². The average molecular weight is 292 g/mol. The van der Waals surface area contributed by atoms with E-state index >= 15 is 0 Å². The van der Waals surface area contributed by atoms with Gasteiger partial charge in [0.15, 0.2) is 0 Å². The summed E-state index contributed by atoms with van der Waals surface area (Å²) in [6, 6.07) is 0. The Balaban J connectivity index is 1.98. The predicted molar refractivity (Wildman–Crippen MR) is 67.8 cm³/mol. The standard InChI is InChI=1S/C11H20N2O5S/c1-18-10-3-6-12(7-4-10)19(16,17)13-5-2-9(8-13)11(14)15/h9-10H,2-8H2,1H3,(H,14,15). The van der Waals surface area contributed by atoms with E-state index in [4.69, 9.17) is 9.84 Å². The van der Waals surface area contributed by atoms with Gasteiger partial charge in [0.2, 0.25) is 0 Å². The second kappa shape index (κ2) is 5.74. The van der Waals surface area contributed by atoms with Crippen LogP contribution in [0.5, 0.6) is 0 Å². The first-order chi connectivity index (χ1) is 8.95. The van der Waals surface area contributed by atoms with E-state index in [-0.39, 0.29) is 12.6 Å². The molecular formula is C11H20N2O5S. The summed E-state index contributed by atoms with van der Waals surface area (Å²) < 4.78 is 32.7. The third kappa shape index (κ3) is 3.07. The highest BCUT2D eigenvalue weighted by atomic mass is 32.2. The third-order valence-electron chi connectivity index (χ3n) is 3.89. The number of carboxylic acid groups (broad SMARTS) is 1. The number of aliphatic carboxylic acids is 1. The molecule has 2 saturated heterocycles. The number of nitrogens with zero attached hydrogens (tertiary/aromatic N) is 2. The number of hydrogen-bond donors (Lipinski definition) is 1. The Morgan fingerprint density at radius 2 is 1.74 bits per heavy atom. The molecule has 2 heterocycles. The Morgan fingerprint density at radius 3 is 2.21 bits per heavy atom. The molecule has 2 aliphatic heterocycles. The fraction of sp³-hybridized carbons (Fsp3) is 0.909. The summed E-state index contributed by atoms with van der Waals surface area (Å²) in [6.45, 7) is 1.26. The molecule has 0 saturated carbocycles. The van der Waals surface area contributed by atoms with Gasteiger partial charge in [-0.15, -0.1) is 0 Å². The molecule has 1 unspecified atom stereocenters. The maximum absolute atomic E-state index is 12.4. The maximum Gasteiger partial charge on any atom is 0.307 e. The van der Waals surface area contributed by atoms with Gasteiger partial charge in [0.25, 0.3) is 10.2 Å². The first kappa shape index (κ1) is 14.7. The highest BCUT2D eigenvalue weighted by molar-refractivity contribution is 7.86. The monoisotopic (exact) mass is 292 g/mol. The van der Waals surface area contributed by atoms with Gasteiger partial charge in [-0.25, -0.2) is 0 Å². The molecule has 2 rings (SSSR count). The number of piperidine rings is 1. The SMILES string of the molecule is COC1CCN(S(=O)(=O)N2CCC(C(=O)O)C2)CC1. The van der Waals surface area contributed by atoms with E-state index in [1.54, 1.807) is 7.11 Å². The van der Waals surface area contributed by atoms with Crippen molar-refractivity contribution in [3.63, 3.8) is 0 Å². The van der Waals surface area contributed by atoms with Crippen molar-refractivity contribution in [2.75, 3.05) is 33.3 Å². The zero-order valence-corrected chi connectivity index (χ0v) is 11.8. The van der Waals surface area contributed by atoms with Crippen LogP contribution in [0.15, 0.2) is 0 Å². The summed E-state index contributed by atoms with van der Waals surface area (Å²) >= 11 is 0. The first-order valence-corrected chi connectivity index (χ1v) is 7.85. The lowest BCUT2D eigenvalue weighted by atomic mass is 10.1. The Kier molecular flexibility index (Phi) is 4.44. The van der Waals surface area contributed by atoms with Gasteiger partial charge in [-0.05, 0) is 19.3 Å². The van der Waals surface area contributed by atoms with E-state index in [1.807, 2.05) is 0 Å². The molecule has 0 aromatic carbocycles. The molecule has 2 fully saturated rings. The van der Waals surface area contributed by atoms with Crippen LogP contribution in [0.2, 0.25) is 0 Å². The number of methoxy groups -OCH3 is 1. The fourth-order valence-corrected chi connectivity index (χ4v) is 4.30. The van der Waals surface area contributed by atoms with E-state index in [0.29, 0.717) is 38.9 Å².